The summed E-state index contributed by atoms with van der Waals surface area (Å²) in [4.78, 5) is 26.6. The van der Waals surface area contributed by atoms with Crippen LogP contribution in [0.1, 0.15) is 28.4 Å². The van der Waals surface area contributed by atoms with Crippen LogP contribution >= 0.6 is 11.6 Å². The number of hydrogen-bond acceptors (Lipinski definition) is 4. The van der Waals surface area contributed by atoms with E-state index in [0.717, 1.165) is 22.0 Å². The van der Waals surface area contributed by atoms with E-state index in [2.05, 4.69) is 5.32 Å². The molecule has 0 amide bonds. The smallest absolute Gasteiger partial charge is 0.265 e. The summed E-state index contributed by atoms with van der Waals surface area (Å²) in [5.41, 5.74) is 1.52. The Bertz CT molecular complexity index is 1620. The standard InChI is InChI=1S/C29H23ClN2O3/c1-32-25-9-5-4-8-23(25)28(34)27(29(32)35)26(33)17-24(19-10-13-21(30)14-11-19)31-22-15-12-18-6-2-3-7-20(18)16-22/h2-16,24,31,34H,17H2,1H3/t24-/m0/s1. The Kier molecular flexibility index (Phi) is 6.01. The predicted octanol–water partition coefficient (Wildman–Crippen LogP) is 6.48. The minimum Gasteiger partial charge on any atom is -0.506 e. The molecule has 6 heteroatoms. The number of nitrogens with zero attached hydrogens (tertiary/aromatic N) is 1. The van der Waals surface area contributed by atoms with Crippen LogP contribution in [0.5, 0.6) is 5.75 Å². The molecule has 0 spiro atoms. The molecule has 0 fully saturated rings. The Morgan fingerprint density at radius 1 is 0.943 bits per heavy atom. The molecule has 2 N–H and O–H groups in total. The average molecular weight is 483 g/mol. The van der Waals surface area contributed by atoms with Crippen molar-refractivity contribution in [3.63, 3.8) is 0 Å². The maximum absolute atomic E-state index is 13.5. The molecule has 0 saturated heterocycles. The fourth-order valence-corrected chi connectivity index (χ4v) is 4.57. The molecular weight excluding hydrogens is 460 g/mol. The fraction of sp³-hybridized carbons (Fsp3) is 0.103. The number of halogens is 1. The van der Waals surface area contributed by atoms with Crippen LogP contribution in [0.25, 0.3) is 21.7 Å². The minimum atomic E-state index is -0.522. The summed E-state index contributed by atoms with van der Waals surface area (Å²) < 4.78 is 1.40. The van der Waals surface area contributed by atoms with Gasteiger partial charge >= 0.3 is 0 Å². The molecule has 0 bridgehead atoms. The van der Waals surface area contributed by atoms with Crippen LogP contribution in [0.4, 0.5) is 5.69 Å². The minimum absolute atomic E-state index is 0.0321. The molecule has 4 aromatic carbocycles. The summed E-state index contributed by atoms with van der Waals surface area (Å²) in [6, 6.07) is 27.8. The highest BCUT2D eigenvalue weighted by Crippen LogP contribution is 2.31. The van der Waals surface area contributed by atoms with Crippen LogP contribution in [0.3, 0.4) is 0 Å². The highest BCUT2D eigenvalue weighted by atomic mass is 35.5. The average Bonchev–Trinajstić information content (AvgIpc) is 2.87. The molecule has 5 nitrogen and oxygen atoms in total. The van der Waals surface area contributed by atoms with Crippen molar-refractivity contribution in [2.45, 2.75) is 12.5 Å². The molecule has 1 aromatic heterocycles. The lowest BCUT2D eigenvalue weighted by Gasteiger charge is -2.21. The van der Waals surface area contributed by atoms with Gasteiger partial charge in [0.25, 0.3) is 5.56 Å². The second-order valence-corrected chi connectivity index (χ2v) is 8.98. The number of nitrogens with one attached hydrogen (secondary N) is 1. The van der Waals surface area contributed by atoms with E-state index in [1.165, 1.54) is 4.57 Å². The van der Waals surface area contributed by atoms with Crippen molar-refractivity contribution in [1.29, 1.82) is 0 Å². The van der Waals surface area contributed by atoms with Crippen LogP contribution < -0.4 is 10.9 Å². The number of pyridine rings is 1. The summed E-state index contributed by atoms with van der Waals surface area (Å²) in [6.45, 7) is 0. The largest absolute Gasteiger partial charge is 0.506 e. The SMILES string of the molecule is Cn1c(=O)c(C(=O)C[C@H](Nc2ccc3ccccc3c2)c2ccc(Cl)cc2)c(O)c2ccccc21. The first-order valence-corrected chi connectivity index (χ1v) is 11.6. The lowest BCUT2D eigenvalue weighted by atomic mass is 9.96. The van der Waals surface area contributed by atoms with Gasteiger partial charge in [0.15, 0.2) is 5.78 Å². The monoisotopic (exact) mass is 482 g/mol. The van der Waals surface area contributed by atoms with Crippen LogP contribution in [0, 0.1) is 0 Å². The summed E-state index contributed by atoms with van der Waals surface area (Å²) >= 11 is 6.09. The first-order valence-electron chi connectivity index (χ1n) is 11.3. The molecule has 5 aromatic rings. The van der Waals surface area contributed by atoms with Crippen LogP contribution in [0.15, 0.2) is 95.8 Å². The zero-order valence-corrected chi connectivity index (χ0v) is 19.8. The lowest BCUT2D eigenvalue weighted by molar-refractivity contribution is 0.0972. The zero-order chi connectivity index (χ0) is 24.5. The number of benzene rings is 4. The van der Waals surface area contributed by atoms with Crippen LogP contribution in [-0.2, 0) is 7.05 Å². The molecule has 1 atom stereocenters. The van der Waals surface area contributed by atoms with Gasteiger partial charge in [0.05, 0.1) is 11.6 Å². The quantitative estimate of drug-likeness (QED) is 0.272. The Balaban J connectivity index is 1.54. The second-order valence-electron chi connectivity index (χ2n) is 8.54. The third-order valence-corrected chi connectivity index (χ3v) is 6.56. The van der Waals surface area contributed by atoms with Crippen LogP contribution in [-0.4, -0.2) is 15.5 Å². The highest BCUT2D eigenvalue weighted by Gasteiger charge is 2.25. The first kappa shape index (κ1) is 22.7. The third-order valence-electron chi connectivity index (χ3n) is 6.31. The van der Waals surface area contributed by atoms with E-state index in [9.17, 15) is 14.7 Å². The van der Waals surface area contributed by atoms with Crippen molar-refractivity contribution >= 4 is 44.7 Å². The number of hydrogen-bond donors (Lipinski definition) is 2. The normalized spacial score (nSPS) is 12.1. The van der Waals surface area contributed by atoms with E-state index in [4.69, 9.17) is 11.6 Å². The molecule has 0 saturated carbocycles. The third kappa shape index (κ3) is 4.38. The Labute approximate surface area is 207 Å². The number of rotatable bonds is 6. The highest BCUT2D eigenvalue weighted by molar-refractivity contribution is 6.30. The van der Waals surface area contributed by atoms with Crippen molar-refractivity contribution in [3.8, 4) is 5.75 Å². The van der Waals surface area contributed by atoms with Crippen molar-refractivity contribution in [2.24, 2.45) is 7.05 Å². The maximum atomic E-state index is 13.5. The van der Waals surface area contributed by atoms with Crippen molar-refractivity contribution in [1.82, 2.24) is 4.57 Å². The number of fused-ring (bicyclic) bond motifs is 2. The molecule has 0 aliphatic rings. The molecule has 5 rings (SSSR count). The van der Waals surface area contributed by atoms with Gasteiger partial charge in [-0.25, -0.2) is 0 Å². The van der Waals surface area contributed by atoms with Gasteiger partial charge in [0, 0.05) is 29.6 Å². The lowest BCUT2D eigenvalue weighted by Crippen LogP contribution is -2.26. The molecular formula is C29H23ClN2O3. The number of anilines is 1. The van der Waals surface area contributed by atoms with Gasteiger partial charge in [-0.3, -0.25) is 9.59 Å². The van der Waals surface area contributed by atoms with E-state index in [1.807, 2.05) is 54.6 Å². The molecule has 0 radical (unpaired) electrons. The zero-order valence-electron chi connectivity index (χ0n) is 19.0. The van der Waals surface area contributed by atoms with Gasteiger partial charge in [0.1, 0.15) is 11.3 Å². The van der Waals surface area contributed by atoms with Gasteiger partial charge in [-0.2, -0.15) is 0 Å². The Hall–Kier alpha value is -4.09. The summed E-state index contributed by atoms with van der Waals surface area (Å²) in [5, 5.41) is 17.6. The number of aromatic hydroxyl groups is 1. The van der Waals surface area contributed by atoms with Crippen molar-refractivity contribution < 1.29 is 9.90 Å². The van der Waals surface area contributed by atoms with E-state index < -0.39 is 17.4 Å². The number of ketones is 1. The molecule has 1 heterocycles. The van der Waals surface area contributed by atoms with Gasteiger partial charge in [-0.1, -0.05) is 66.2 Å². The summed E-state index contributed by atoms with van der Waals surface area (Å²) in [7, 11) is 1.60. The van der Waals surface area contributed by atoms with E-state index >= 15 is 0 Å². The second kappa shape index (κ2) is 9.28. The molecule has 0 unspecified atom stereocenters. The van der Waals surface area contributed by atoms with Gasteiger partial charge in [-0.15, -0.1) is 0 Å². The molecule has 174 valence electrons. The molecule has 0 aliphatic carbocycles. The fourth-order valence-electron chi connectivity index (χ4n) is 4.45. The van der Waals surface area contributed by atoms with Crippen LogP contribution in [0.2, 0.25) is 5.02 Å². The summed E-state index contributed by atoms with van der Waals surface area (Å²) in [6.07, 6.45) is -0.0321. The number of aryl methyl sites for hydroxylation is 1. The maximum Gasteiger partial charge on any atom is 0.265 e. The number of carbonyl (C=O) groups is 1. The van der Waals surface area contributed by atoms with Gasteiger partial charge < -0.3 is 15.0 Å². The van der Waals surface area contributed by atoms with Crippen molar-refractivity contribution in [3.05, 3.63) is 117 Å². The number of para-hydroxylation sites is 1. The predicted molar refractivity (Wildman–Crippen MR) is 142 cm³/mol. The van der Waals surface area contributed by atoms with E-state index in [-0.39, 0.29) is 17.7 Å². The van der Waals surface area contributed by atoms with Gasteiger partial charge in [0.2, 0.25) is 0 Å². The molecule has 35 heavy (non-hydrogen) atoms. The van der Waals surface area contributed by atoms with E-state index in [1.54, 1.807) is 43.4 Å². The number of carbonyl (C=O) groups excluding carboxylic acids is 1. The first-order chi connectivity index (χ1) is 16.9. The number of Topliss-reactive ketones (excluding diaryl/α,β-unsaturated/α-hetero) is 1. The topological polar surface area (TPSA) is 71.3 Å². The summed E-state index contributed by atoms with van der Waals surface area (Å²) in [5.74, 6) is -0.726. The Morgan fingerprint density at radius 2 is 1.63 bits per heavy atom. The van der Waals surface area contributed by atoms with E-state index in [0.29, 0.717) is 15.9 Å². The molecule has 0 aliphatic heterocycles. The van der Waals surface area contributed by atoms with Crippen molar-refractivity contribution in [2.75, 3.05) is 5.32 Å². The van der Waals surface area contributed by atoms with Gasteiger partial charge in [-0.05, 0) is 52.7 Å². The number of aromatic nitrogens is 1. The Morgan fingerprint density at radius 3 is 2.40 bits per heavy atom.